The highest BCUT2D eigenvalue weighted by atomic mass is 16.5. The van der Waals surface area contributed by atoms with E-state index in [1.165, 1.54) is 24.8 Å². The van der Waals surface area contributed by atoms with Gasteiger partial charge >= 0.3 is 0 Å². The lowest BCUT2D eigenvalue weighted by molar-refractivity contribution is 0.0618. The van der Waals surface area contributed by atoms with Crippen molar-refractivity contribution in [2.45, 2.75) is 44.1 Å². The van der Waals surface area contributed by atoms with Gasteiger partial charge in [-0.15, -0.1) is 6.58 Å². The molecule has 1 fully saturated rings. The third-order valence-corrected chi connectivity index (χ3v) is 3.62. The zero-order valence-electron chi connectivity index (χ0n) is 11.0. The molecule has 96 valence electrons. The monoisotopic (exact) mass is 242 g/mol. The van der Waals surface area contributed by atoms with Crippen LogP contribution in [0.5, 0.6) is 0 Å². The van der Waals surface area contributed by atoms with E-state index in [1.54, 1.807) is 0 Å². The lowest BCUT2D eigenvalue weighted by atomic mass is 9.81. The van der Waals surface area contributed by atoms with Gasteiger partial charge in [0, 0.05) is 12.3 Å². The van der Waals surface area contributed by atoms with Crippen LogP contribution in [0.1, 0.15) is 43.6 Å². The molecule has 1 aromatic rings. The molecule has 2 rings (SSSR count). The number of benzene rings is 1. The van der Waals surface area contributed by atoms with Gasteiger partial charge in [-0.2, -0.15) is 0 Å². The average molecular weight is 242 g/mol. The van der Waals surface area contributed by atoms with E-state index in [9.17, 15) is 0 Å². The van der Waals surface area contributed by atoms with Crippen molar-refractivity contribution in [1.82, 2.24) is 0 Å². The predicted octanol–water partition coefficient (Wildman–Crippen LogP) is 4.82. The topological polar surface area (TPSA) is 9.23 Å². The molecule has 0 aromatic heterocycles. The summed E-state index contributed by atoms with van der Waals surface area (Å²) in [6.07, 6.45) is 7.79. The first-order valence-electron chi connectivity index (χ1n) is 6.81. The molecule has 0 N–H and O–H groups in total. The molecule has 0 saturated heterocycles. The molecule has 1 aliphatic carbocycles. The Morgan fingerprint density at radius 1 is 1.22 bits per heavy atom. The number of allylic oxidation sites excluding steroid dienone is 1. The van der Waals surface area contributed by atoms with Crippen molar-refractivity contribution in [3.05, 3.63) is 60.9 Å². The molecule has 0 spiro atoms. The SMILES string of the molecule is C=CCC(=C)O[C@@H]1CCCC[C@H]1c1ccccc1. The molecule has 1 heteroatoms. The Labute approximate surface area is 110 Å². The van der Waals surface area contributed by atoms with Crippen LogP contribution in [0, 0.1) is 0 Å². The smallest absolute Gasteiger partial charge is 0.105 e. The van der Waals surface area contributed by atoms with Crippen LogP contribution >= 0.6 is 0 Å². The third-order valence-electron chi connectivity index (χ3n) is 3.62. The molecule has 18 heavy (non-hydrogen) atoms. The Morgan fingerprint density at radius 3 is 2.67 bits per heavy atom. The molecule has 0 aliphatic heterocycles. The molecule has 0 radical (unpaired) electrons. The van der Waals surface area contributed by atoms with Crippen LogP contribution in [0.4, 0.5) is 0 Å². The Kier molecular flexibility index (Phi) is 4.63. The van der Waals surface area contributed by atoms with E-state index >= 15 is 0 Å². The fourth-order valence-electron chi connectivity index (χ4n) is 2.74. The average Bonchev–Trinajstić information content (AvgIpc) is 2.40. The summed E-state index contributed by atoms with van der Waals surface area (Å²) in [6, 6.07) is 10.7. The molecule has 1 aromatic carbocycles. The van der Waals surface area contributed by atoms with Crippen LogP contribution in [-0.4, -0.2) is 6.10 Å². The Balaban J connectivity index is 2.06. The van der Waals surface area contributed by atoms with E-state index in [-0.39, 0.29) is 6.10 Å². The Bertz CT molecular complexity index is 393. The van der Waals surface area contributed by atoms with Crippen LogP contribution in [-0.2, 0) is 4.74 Å². The Morgan fingerprint density at radius 2 is 1.94 bits per heavy atom. The highest BCUT2D eigenvalue weighted by Crippen LogP contribution is 2.36. The summed E-state index contributed by atoms with van der Waals surface area (Å²) in [7, 11) is 0. The zero-order chi connectivity index (χ0) is 12.8. The highest BCUT2D eigenvalue weighted by molar-refractivity contribution is 5.21. The summed E-state index contributed by atoms with van der Waals surface area (Å²) in [5.41, 5.74) is 1.40. The van der Waals surface area contributed by atoms with E-state index < -0.39 is 0 Å². The largest absolute Gasteiger partial charge is 0.494 e. The van der Waals surface area contributed by atoms with E-state index in [0.29, 0.717) is 5.92 Å². The summed E-state index contributed by atoms with van der Waals surface area (Å²) in [5, 5.41) is 0. The quantitative estimate of drug-likeness (QED) is 0.531. The van der Waals surface area contributed by atoms with E-state index in [4.69, 9.17) is 4.74 Å². The summed E-state index contributed by atoms with van der Waals surface area (Å²) in [6.45, 7) is 7.70. The van der Waals surface area contributed by atoms with Gasteiger partial charge in [0.2, 0.25) is 0 Å². The van der Waals surface area contributed by atoms with Gasteiger partial charge in [0.05, 0.1) is 5.76 Å². The zero-order valence-corrected chi connectivity index (χ0v) is 11.0. The summed E-state index contributed by atoms with van der Waals surface area (Å²) in [5.74, 6) is 1.36. The van der Waals surface area contributed by atoms with Crippen LogP contribution in [0.25, 0.3) is 0 Å². The first-order chi connectivity index (χ1) is 8.81. The van der Waals surface area contributed by atoms with E-state index in [0.717, 1.165) is 18.6 Å². The molecule has 1 aliphatic rings. The second-order valence-corrected chi connectivity index (χ2v) is 4.99. The molecule has 0 heterocycles. The summed E-state index contributed by atoms with van der Waals surface area (Å²) >= 11 is 0. The van der Waals surface area contributed by atoms with Crippen LogP contribution in [0.15, 0.2) is 55.3 Å². The van der Waals surface area contributed by atoms with Crippen molar-refractivity contribution in [3.8, 4) is 0 Å². The molecule has 2 atom stereocenters. The van der Waals surface area contributed by atoms with Crippen molar-refractivity contribution in [3.63, 3.8) is 0 Å². The van der Waals surface area contributed by atoms with Crippen molar-refractivity contribution in [2.24, 2.45) is 0 Å². The predicted molar refractivity (Wildman–Crippen MR) is 76.5 cm³/mol. The maximum absolute atomic E-state index is 6.03. The molecule has 1 saturated carbocycles. The lowest BCUT2D eigenvalue weighted by Gasteiger charge is -2.32. The van der Waals surface area contributed by atoms with Crippen molar-refractivity contribution >= 4 is 0 Å². The maximum Gasteiger partial charge on any atom is 0.105 e. The van der Waals surface area contributed by atoms with Gasteiger partial charge < -0.3 is 4.74 Å². The lowest BCUT2D eigenvalue weighted by Crippen LogP contribution is -2.25. The molecule has 0 amide bonds. The molecule has 0 unspecified atom stereocenters. The van der Waals surface area contributed by atoms with Gasteiger partial charge in [-0.25, -0.2) is 0 Å². The summed E-state index contributed by atoms with van der Waals surface area (Å²) in [4.78, 5) is 0. The van der Waals surface area contributed by atoms with Crippen molar-refractivity contribution in [1.29, 1.82) is 0 Å². The van der Waals surface area contributed by atoms with Gasteiger partial charge in [0.15, 0.2) is 0 Å². The number of ether oxygens (including phenoxy) is 1. The summed E-state index contributed by atoms with van der Waals surface area (Å²) < 4.78 is 6.03. The Hall–Kier alpha value is -1.50. The van der Waals surface area contributed by atoms with Gasteiger partial charge in [-0.05, 0) is 24.8 Å². The third kappa shape index (κ3) is 3.25. The number of hydrogen-bond donors (Lipinski definition) is 0. The van der Waals surface area contributed by atoms with E-state index in [2.05, 4.69) is 43.5 Å². The minimum absolute atomic E-state index is 0.286. The van der Waals surface area contributed by atoms with Crippen LogP contribution in [0.3, 0.4) is 0 Å². The van der Waals surface area contributed by atoms with Gasteiger partial charge in [0.25, 0.3) is 0 Å². The van der Waals surface area contributed by atoms with Gasteiger partial charge in [0.1, 0.15) is 6.10 Å². The number of rotatable bonds is 5. The minimum Gasteiger partial charge on any atom is -0.494 e. The first-order valence-corrected chi connectivity index (χ1v) is 6.81. The van der Waals surface area contributed by atoms with Crippen molar-refractivity contribution < 1.29 is 4.74 Å². The second kappa shape index (κ2) is 6.44. The normalized spacial score (nSPS) is 23.3. The van der Waals surface area contributed by atoms with Crippen molar-refractivity contribution in [2.75, 3.05) is 0 Å². The standard InChI is InChI=1S/C17H22O/c1-3-9-14(2)18-17-13-8-7-12-16(17)15-10-5-4-6-11-15/h3-6,10-11,16-17H,1-2,7-9,12-13H2/t16-,17+/m0/s1. The second-order valence-electron chi connectivity index (χ2n) is 4.99. The fourth-order valence-corrected chi connectivity index (χ4v) is 2.74. The highest BCUT2D eigenvalue weighted by Gasteiger charge is 2.27. The van der Waals surface area contributed by atoms with Gasteiger partial charge in [-0.3, -0.25) is 0 Å². The van der Waals surface area contributed by atoms with E-state index in [1.807, 2.05) is 6.08 Å². The fraction of sp³-hybridized carbons (Fsp3) is 0.412. The van der Waals surface area contributed by atoms with Crippen LogP contribution < -0.4 is 0 Å². The minimum atomic E-state index is 0.286. The molecule has 1 nitrogen and oxygen atoms in total. The first kappa shape index (κ1) is 12.9. The molecular formula is C17H22O. The van der Waals surface area contributed by atoms with Gasteiger partial charge in [-0.1, -0.05) is 49.4 Å². The maximum atomic E-state index is 6.03. The molecular weight excluding hydrogens is 220 g/mol. The van der Waals surface area contributed by atoms with Crippen LogP contribution in [0.2, 0.25) is 0 Å². The molecule has 0 bridgehead atoms. The number of hydrogen-bond acceptors (Lipinski definition) is 1.